The molecular weight excluding hydrogens is 88.9 g/mol. The second-order valence-electron chi connectivity index (χ2n) is 1.36. The average molecular weight is 96.9 g/mol. The highest BCUT2D eigenvalue weighted by atomic mass is 16.2. The van der Waals surface area contributed by atoms with Gasteiger partial charge in [-0.2, -0.15) is 0 Å². The van der Waals surface area contributed by atoms with Crippen molar-refractivity contribution in [1.82, 2.24) is 4.81 Å². The van der Waals surface area contributed by atoms with Gasteiger partial charge in [0.25, 0.3) is 0 Å². The minimum Gasteiger partial charge on any atom is -0.399 e. The molecule has 38 valence electrons. The van der Waals surface area contributed by atoms with E-state index in [1.807, 2.05) is 0 Å². The number of hydrogen-bond acceptors (Lipinski definition) is 1. The van der Waals surface area contributed by atoms with Gasteiger partial charge in [0.15, 0.2) is 0 Å². The number of carbonyl (C=O) groups is 1. The fourth-order valence-corrected chi connectivity index (χ4v) is 0.249. The summed E-state index contributed by atoms with van der Waals surface area (Å²) in [5.74, 6) is -0.0417. The maximum Gasteiger partial charge on any atom is 0.230 e. The van der Waals surface area contributed by atoms with Crippen LogP contribution < -0.4 is 0 Å². The van der Waals surface area contributed by atoms with E-state index in [9.17, 15) is 4.79 Å². The Bertz CT molecular complexity index is 72.1. The third kappa shape index (κ3) is 2.26. The average Bonchev–Trinajstić information content (AvgIpc) is 1.65. The quantitative estimate of drug-likeness (QED) is 0.419. The van der Waals surface area contributed by atoms with Gasteiger partial charge in [-0.3, -0.25) is 4.79 Å². The van der Waals surface area contributed by atoms with Crippen molar-refractivity contribution in [3.05, 3.63) is 0 Å². The number of carbonyl (C=O) groups excluding carboxylic acids is 1. The van der Waals surface area contributed by atoms with E-state index in [2.05, 4.69) is 0 Å². The second kappa shape index (κ2) is 2.67. The first-order valence-corrected chi connectivity index (χ1v) is 2.19. The molecule has 0 aromatic rings. The van der Waals surface area contributed by atoms with E-state index >= 15 is 0 Å². The summed E-state index contributed by atoms with van der Waals surface area (Å²) in [6, 6.07) is 0. The van der Waals surface area contributed by atoms with Gasteiger partial charge in [-0.25, -0.2) is 0 Å². The summed E-state index contributed by atoms with van der Waals surface area (Å²) in [6.45, 7) is 1.77. The molecule has 0 aliphatic rings. The van der Waals surface area contributed by atoms with E-state index in [0.717, 1.165) is 4.81 Å². The summed E-state index contributed by atoms with van der Waals surface area (Å²) in [6.07, 6.45) is 0.479. The molecule has 0 bridgehead atoms. The lowest BCUT2D eigenvalue weighted by Crippen LogP contribution is -2.21. The monoisotopic (exact) mass is 97.1 g/mol. The topological polar surface area (TPSA) is 20.3 Å². The third-order valence-corrected chi connectivity index (χ3v) is 0.696. The Morgan fingerprint density at radius 3 is 2.29 bits per heavy atom. The lowest BCUT2D eigenvalue weighted by Gasteiger charge is -2.06. The van der Waals surface area contributed by atoms with Crippen molar-refractivity contribution in [3.63, 3.8) is 0 Å². The Balaban J connectivity index is 3.35. The predicted molar refractivity (Wildman–Crippen MR) is 28.8 cm³/mol. The largest absolute Gasteiger partial charge is 0.399 e. The Kier molecular flexibility index (Phi) is 2.49. The van der Waals surface area contributed by atoms with E-state index in [4.69, 9.17) is 7.98 Å². The van der Waals surface area contributed by atoms with Crippen LogP contribution >= 0.6 is 0 Å². The molecule has 0 atom stereocenters. The van der Waals surface area contributed by atoms with Crippen molar-refractivity contribution < 1.29 is 4.79 Å². The van der Waals surface area contributed by atoms with Gasteiger partial charge in [0, 0.05) is 6.42 Å². The first-order valence-electron chi connectivity index (χ1n) is 2.19. The molecule has 0 aliphatic carbocycles. The van der Waals surface area contributed by atoms with Gasteiger partial charge >= 0.3 is 0 Å². The van der Waals surface area contributed by atoms with Gasteiger partial charge in [0.05, 0.1) is 0 Å². The zero-order chi connectivity index (χ0) is 5.86. The summed E-state index contributed by atoms with van der Waals surface area (Å²) in [7, 11) is 6.56. The highest BCUT2D eigenvalue weighted by molar-refractivity contribution is 6.13. The molecule has 0 fully saturated rings. The molecule has 2 nitrogen and oxygen atoms in total. The Hall–Kier alpha value is -0.465. The molecule has 0 unspecified atom stereocenters. The highest BCUT2D eigenvalue weighted by Gasteiger charge is 1.95. The fourth-order valence-electron chi connectivity index (χ4n) is 0.249. The van der Waals surface area contributed by atoms with E-state index in [1.165, 1.54) is 7.05 Å². The van der Waals surface area contributed by atoms with E-state index in [1.54, 1.807) is 6.92 Å². The molecule has 0 saturated carbocycles. The van der Waals surface area contributed by atoms with Crippen LogP contribution in [0.25, 0.3) is 0 Å². The molecule has 0 N–H and O–H groups in total. The van der Waals surface area contributed by atoms with Gasteiger partial charge in [-0.1, -0.05) is 6.92 Å². The van der Waals surface area contributed by atoms with Gasteiger partial charge in [0.1, 0.15) is 0 Å². The third-order valence-electron chi connectivity index (χ3n) is 0.696. The van der Waals surface area contributed by atoms with Crippen LogP contribution in [0.2, 0.25) is 0 Å². The zero-order valence-electron chi connectivity index (χ0n) is 4.64. The Labute approximate surface area is 44.9 Å². The number of amides is 1. The maximum absolute atomic E-state index is 10.3. The molecule has 3 heteroatoms. The second-order valence-corrected chi connectivity index (χ2v) is 1.36. The summed E-state index contributed by atoms with van der Waals surface area (Å²) in [4.78, 5) is 11.4. The van der Waals surface area contributed by atoms with Crippen LogP contribution in [0, 0.1) is 0 Å². The minimum absolute atomic E-state index is 0.0417. The zero-order valence-corrected chi connectivity index (χ0v) is 4.64. The molecular formula is C4H8BNO. The first-order chi connectivity index (χ1) is 3.18. The van der Waals surface area contributed by atoms with E-state index in [-0.39, 0.29) is 5.91 Å². The van der Waals surface area contributed by atoms with Crippen molar-refractivity contribution in [1.29, 1.82) is 0 Å². The molecule has 1 amide bonds. The van der Waals surface area contributed by atoms with E-state index in [0.29, 0.717) is 6.42 Å². The molecule has 0 aromatic carbocycles. The van der Waals surface area contributed by atoms with Crippen molar-refractivity contribution >= 4 is 13.9 Å². The summed E-state index contributed by atoms with van der Waals surface area (Å²) < 4.78 is 0. The molecule has 0 spiro atoms. The van der Waals surface area contributed by atoms with Gasteiger partial charge in [0.2, 0.25) is 13.9 Å². The van der Waals surface area contributed by atoms with Crippen molar-refractivity contribution in [3.8, 4) is 0 Å². The van der Waals surface area contributed by atoms with Crippen molar-refractivity contribution in [2.45, 2.75) is 13.3 Å². The Morgan fingerprint density at radius 1 is 1.86 bits per heavy atom. The molecule has 0 saturated heterocycles. The van der Waals surface area contributed by atoms with Crippen LogP contribution in [0.1, 0.15) is 13.3 Å². The van der Waals surface area contributed by atoms with Crippen molar-refractivity contribution in [2.24, 2.45) is 0 Å². The molecule has 0 aliphatic heterocycles. The SMILES string of the molecule is [B]N(C)C(=O)CC. The Morgan fingerprint density at radius 2 is 2.29 bits per heavy atom. The maximum atomic E-state index is 10.3. The van der Waals surface area contributed by atoms with Gasteiger partial charge in [-0.15, -0.1) is 0 Å². The summed E-state index contributed by atoms with van der Waals surface area (Å²) >= 11 is 0. The molecule has 0 rings (SSSR count). The highest BCUT2D eigenvalue weighted by Crippen LogP contribution is 1.80. The van der Waals surface area contributed by atoms with Crippen LogP contribution in [0.3, 0.4) is 0 Å². The number of nitrogens with zero attached hydrogens (tertiary/aromatic N) is 1. The fraction of sp³-hybridized carbons (Fsp3) is 0.750. The van der Waals surface area contributed by atoms with Crippen LogP contribution in [0.4, 0.5) is 0 Å². The predicted octanol–water partition coefficient (Wildman–Crippen LogP) is -0.0617. The number of rotatable bonds is 1. The summed E-state index contributed by atoms with van der Waals surface area (Å²) in [5.41, 5.74) is 0. The summed E-state index contributed by atoms with van der Waals surface area (Å²) in [5, 5.41) is 0. The standard InChI is InChI=1S/C4H8BNO/c1-3-4(7)6(2)5/h3H2,1-2H3. The smallest absolute Gasteiger partial charge is 0.230 e. The van der Waals surface area contributed by atoms with Gasteiger partial charge in [-0.05, 0) is 7.05 Å². The molecule has 0 aromatic heterocycles. The van der Waals surface area contributed by atoms with Gasteiger partial charge < -0.3 is 4.81 Å². The normalized spacial score (nSPS) is 8.29. The van der Waals surface area contributed by atoms with Crippen LogP contribution in [-0.4, -0.2) is 25.7 Å². The lowest BCUT2D eigenvalue weighted by molar-refractivity contribution is -0.125. The molecule has 0 heterocycles. The van der Waals surface area contributed by atoms with Crippen LogP contribution in [0.5, 0.6) is 0 Å². The minimum atomic E-state index is -0.0417. The lowest BCUT2D eigenvalue weighted by atomic mass is 10.3. The molecule has 2 radical (unpaired) electrons. The van der Waals surface area contributed by atoms with Crippen LogP contribution in [-0.2, 0) is 4.79 Å². The number of hydrogen-bond donors (Lipinski definition) is 0. The first kappa shape index (κ1) is 6.53. The van der Waals surface area contributed by atoms with Crippen molar-refractivity contribution in [2.75, 3.05) is 7.05 Å². The van der Waals surface area contributed by atoms with E-state index < -0.39 is 0 Å². The van der Waals surface area contributed by atoms with Crippen LogP contribution in [0.15, 0.2) is 0 Å². The molecule has 7 heavy (non-hydrogen) atoms.